The molecule has 146 valence electrons. The van der Waals surface area contributed by atoms with Gasteiger partial charge in [-0.2, -0.15) is 4.98 Å². The minimum Gasteiger partial charge on any atom is -0.481 e. The molecule has 28 heavy (non-hydrogen) atoms. The monoisotopic (exact) mass is 379 g/mol. The molecule has 1 amide bonds. The first-order valence-corrected chi connectivity index (χ1v) is 9.13. The number of nitrogens with one attached hydrogen (secondary N) is 2. The van der Waals surface area contributed by atoms with Crippen LogP contribution in [0.15, 0.2) is 42.6 Å². The van der Waals surface area contributed by atoms with Gasteiger partial charge in [-0.15, -0.1) is 0 Å². The van der Waals surface area contributed by atoms with Crippen LogP contribution in [0.1, 0.15) is 47.1 Å². The molecule has 0 atom stereocenters. The lowest BCUT2D eigenvalue weighted by atomic mass is 10.0. The Balaban J connectivity index is 1.82. The van der Waals surface area contributed by atoms with Gasteiger partial charge < -0.3 is 9.30 Å². The molecule has 0 aliphatic heterocycles. The smallest absolute Gasteiger partial charge is 0.271 e. The summed E-state index contributed by atoms with van der Waals surface area (Å²) in [5.41, 5.74) is 10.1. The molecule has 3 rings (SSSR count). The molecule has 0 fully saturated rings. The van der Waals surface area contributed by atoms with Gasteiger partial charge in [-0.1, -0.05) is 26.0 Å². The number of nitrogens with zero attached hydrogens (tertiary/aromatic N) is 3. The van der Waals surface area contributed by atoms with Crippen molar-refractivity contribution in [3.8, 4) is 11.6 Å². The molecule has 0 spiro atoms. The number of carbonyl (C=O) groups is 1. The lowest BCUT2D eigenvalue weighted by molar-refractivity contribution is 0.0961. The Morgan fingerprint density at radius 3 is 2.68 bits per heavy atom. The van der Waals surface area contributed by atoms with Gasteiger partial charge >= 0.3 is 0 Å². The SMILES string of the molecule is COc1ccnc(NNC(=O)c2cc(C)n(-c3cccc(C(C)C)c3)c2C)n1. The molecule has 0 aliphatic rings. The van der Waals surface area contributed by atoms with E-state index in [1.54, 1.807) is 12.3 Å². The van der Waals surface area contributed by atoms with Crippen molar-refractivity contribution in [2.45, 2.75) is 33.6 Å². The molecule has 0 saturated heterocycles. The number of hydrazine groups is 1. The highest BCUT2D eigenvalue weighted by molar-refractivity contribution is 5.96. The maximum atomic E-state index is 12.7. The van der Waals surface area contributed by atoms with E-state index < -0.39 is 0 Å². The summed E-state index contributed by atoms with van der Waals surface area (Å²) in [4.78, 5) is 20.9. The molecular formula is C21H25N5O2. The fraction of sp³-hybridized carbons (Fsp3) is 0.286. The van der Waals surface area contributed by atoms with Gasteiger partial charge in [-0.05, 0) is 43.5 Å². The Morgan fingerprint density at radius 1 is 1.18 bits per heavy atom. The number of ether oxygens (including phenoxy) is 1. The van der Waals surface area contributed by atoms with Crippen molar-refractivity contribution >= 4 is 11.9 Å². The van der Waals surface area contributed by atoms with E-state index in [0.29, 0.717) is 17.4 Å². The molecule has 0 unspecified atom stereocenters. The minimum atomic E-state index is -0.259. The third-order valence-electron chi connectivity index (χ3n) is 4.60. The molecule has 1 aromatic carbocycles. The third-order valence-corrected chi connectivity index (χ3v) is 4.60. The Kier molecular flexibility index (Phi) is 5.63. The van der Waals surface area contributed by atoms with E-state index in [1.165, 1.54) is 12.7 Å². The van der Waals surface area contributed by atoms with Crippen LogP contribution in [0.3, 0.4) is 0 Å². The summed E-state index contributed by atoms with van der Waals surface area (Å²) in [7, 11) is 1.52. The molecule has 2 aromatic heterocycles. The minimum absolute atomic E-state index is 0.256. The predicted octanol–water partition coefficient (Wildman–Crippen LogP) is 3.77. The number of aromatic nitrogens is 3. The zero-order chi connectivity index (χ0) is 20.3. The average molecular weight is 379 g/mol. The molecule has 0 saturated carbocycles. The number of rotatable bonds is 6. The second-order valence-corrected chi connectivity index (χ2v) is 6.87. The van der Waals surface area contributed by atoms with Crippen LogP contribution in [0.2, 0.25) is 0 Å². The number of benzene rings is 1. The lowest BCUT2D eigenvalue weighted by Gasteiger charge is -2.13. The first-order valence-electron chi connectivity index (χ1n) is 9.13. The van der Waals surface area contributed by atoms with Crippen molar-refractivity contribution in [2.24, 2.45) is 0 Å². The highest BCUT2D eigenvalue weighted by Crippen LogP contribution is 2.24. The Hall–Kier alpha value is -3.35. The number of aryl methyl sites for hydroxylation is 1. The van der Waals surface area contributed by atoms with Crippen molar-refractivity contribution in [3.05, 3.63) is 65.1 Å². The molecule has 7 nitrogen and oxygen atoms in total. The fourth-order valence-corrected chi connectivity index (χ4v) is 3.11. The summed E-state index contributed by atoms with van der Waals surface area (Å²) in [6.45, 7) is 8.26. The topological polar surface area (TPSA) is 81.1 Å². The maximum absolute atomic E-state index is 12.7. The van der Waals surface area contributed by atoms with E-state index in [2.05, 4.69) is 57.4 Å². The second kappa shape index (κ2) is 8.12. The van der Waals surface area contributed by atoms with Crippen LogP contribution >= 0.6 is 0 Å². The van der Waals surface area contributed by atoms with Gasteiger partial charge in [0, 0.05) is 29.3 Å². The van der Waals surface area contributed by atoms with Crippen LogP contribution in [-0.2, 0) is 0 Å². The van der Waals surface area contributed by atoms with Crippen LogP contribution in [0, 0.1) is 13.8 Å². The van der Waals surface area contributed by atoms with Gasteiger partial charge in [0.05, 0.1) is 12.7 Å². The highest BCUT2D eigenvalue weighted by Gasteiger charge is 2.17. The van der Waals surface area contributed by atoms with E-state index in [1.807, 2.05) is 26.0 Å². The summed E-state index contributed by atoms with van der Waals surface area (Å²) in [5.74, 6) is 0.845. The van der Waals surface area contributed by atoms with Crippen LogP contribution in [0.4, 0.5) is 5.95 Å². The van der Waals surface area contributed by atoms with Gasteiger partial charge in [0.1, 0.15) is 0 Å². The summed E-state index contributed by atoms with van der Waals surface area (Å²) in [6, 6.07) is 11.9. The summed E-state index contributed by atoms with van der Waals surface area (Å²) < 4.78 is 7.14. The van der Waals surface area contributed by atoms with Crippen molar-refractivity contribution in [1.82, 2.24) is 20.0 Å². The summed E-state index contributed by atoms with van der Waals surface area (Å²) in [5, 5.41) is 0. The number of hydrogen-bond donors (Lipinski definition) is 2. The van der Waals surface area contributed by atoms with Crippen molar-refractivity contribution in [1.29, 1.82) is 0 Å². The predicted molar refractivity (Wildman–Crippen MR) is 109 cm³/mol. The zero-order valence-electron chi connectivity index (χ0n) is 16.8. The highest BCUT2D eigenvalue weighted by atomic mass is 16.5. The first kappa shape index (κ1) is 19.4. The van der Waals surface area contributed by atoms with Gasteiger partial charge in [0.2, 0.25) is 11.8 Å². The molecule has 3 aromatic rings. The van der Waals surface area contributed by atoms with Gasteiger partial charge in [-0.25, -0.2) is 4.98 Å². The Bertz CT molecular complexity index is 994. The standard InChI is InChI=1S/C21H25N5O2/c1-13(2)16-7-6-8-17(12-16)26-14(3)11-18(15(26)4)20(27)24-25-21-22-10-9-19(23-21)28-5/h6-13H,1-5H3,(H,24,27)(H,22,23,25). The Morgan fingerprint density at radius 2 is 1.96 bits per heavy atom. The molecule has 0 aliphatic carbocycles. The normalized spacial score (nSPS) is 10.8. The van der Waals surface area contributed by atoms with Crippen molar-refractivity contribution in [3.63, 3.8) is 0 Å². The fourth-order valence-electron chi connectivity index (χ4n) is 3.11. The van der Waals surface area contributed by atoms with E-state index in [0.717, 1.165) is 17.1 Å². The molecule has 2 N–H and O–H groups in total. The Labute approximate surface area is 164 Å². The molecular weight excluding hydrogens is 354 g/mol. The lowest BCUT2D eigenvalue weighted by Crippen LogP contribution is -2.30. The number of anilines is 1. The van der Waals surface area contributed by atoms with Crippen molar-refractivity contribution < 1.29 is 9.53 Å². The van der Waals surface area contributed by atoms with Crippen molar-refractivity contribution in [2.75, 3.05) is 12.5 Å². The molecule has 7 heteroatoms. The van der Waals surface area contributed by atoms with E-state index in [4.69, 9.17) is 4.74 Å². The van der Waals surface area contributed by atoms with Gasteiger partial charge in [0.15, 0.2) is 0 Å². The van der Waals surface area contributed by atoms with Crippen LogP contribution in [-0.4, -0.2) is 27.6 Å². The average Bonchev–Trinajstić information content (AvgIpc) is 3.00. The van der Waals surface area contributed by atoms with Crippen LogP contribution < -0.4 is 15.6 Å². The zero-order valence-corrected chi connectivity index (χ0v) is 16.8. The molecule has 0 radical (unpaired) electrons. The number of carbonyl (C=O) groups excluding carboxylic acids is 1. The van der Waals surface area contributed by atoms with E-state index in [9.17, 15) is 4.79 Å². The molecule has 2 heterocycles. The maximum Gasteiger partial charge on any atom is 0.271 e. The van der Waals surface area contributed by atoms with E-state index >= 15 is 0 Å². The van der Waals surface area contributed by atoms with E-state index in [-0.39, 0.29) is 11.9 Å². The molecule has 0 bridgehead atoms. The van der Waals surface area contributed by atoms with Crippen LogP contribution in [0.25, 0.3) is 5.69 Å². The largest absolute Gasteiger partial charge is 0.481 e. The number of amides is 1. The first-order chi connectivity index (χ1) is 13.4. The second-order valence-electron chi connectivity index (χ2n) is 6.87. The van der Waals surface area contributed by atoms with Gasteiger partial charge in [-0.3, -0.25) is 15.6 Å². The quantitative estimate of drug-likeness (QED) is 0.637. The summed E-state index contributed by atoms with van der Waals surface area (Å²) in [6.07, 6.45) is 1.55. The summed E-state index contributed by atoms with van der Waals surface area (Å²) >= 11 is 0. The number of hydrogen-bond acceptors (Lipinski definition) is 5. The van der Waals surface area contributed by atoms with Crippen LogP contribution in [0.5, 0.6) is 5.88 Å². The number of methoxy groups -OCH3 is 1. The van der Waals surface area contributed by atoms with Gasteiger partial charge in [0.25, 0.3) is 5.91 Å². The third kappa shape index (κ3) is 3.98.